The predicted octanol–water partition coefficient (Wildman–Crippen LogP) is 4.75. The molecule has 1 atom stereocenters. The number of rotatable bonds is 6. The minimum absolute atomic E-state index is 0.223. The number of methoxy groups -OCH3 is 2. The first kappa shape index (κ1) is 20.3. The summed E-state index contributed by atoms with van der Waals surface area (Å²) in [4.78, 5) is 2.38. The van der Waals surface area contributed by atoms with E-state index in [0.717, 1.165) is 66.9 Å². The van der Waals surface area contributed by atoms with Gasteiger partial charge in [0, 0.05) is 35.8 Å². The van der Waals surface area contributed by atoms with Crippen molar-refractivity contribution in [3.8, 4) is 22.6 Å². The Labute approximate surface area is 174 Å². The lowest BCUT2D eigenvalue weighted by Gasteiger charge is -2.33. The topological polar surface area (TPSA) is 50.4 Å². The van der Waals surface area contributed by atoms with Crippen LogP contribution in [0.25, 0.3) is 11.1 Å². The van der Waals surface area contributed by atoms with Gasteiger partial charge in [-0.05, 0) is 55.3 Å². The highest BCUT2D eigenvalue weighted by Gasteiger charge is 2.26. The molecule has 1 unspecified atom stereocenters. The van der Waals surface area contributed by atoms with Gasteiger partial charge in [-0.15, -0.1) is 0 Å². The Bertz CT molecular complexity index is 1020. The molecule has 1 fully saturated rings. The molecular formula is C23H25F2N3O2. The zero-order valence-corrected chi connectivity index (χ0v) is 17.1. The van der Waals surface area contributed by atoms with Crippen molar-refractivity contribution in [1.29, 1.82) is 0 Å². The van der Waals surface area contributed by atoms with E-state index in [2.05, 4.69) is 15.1 Å². The van der Waals surface area contributed by atoms with Crippen molar-refractivity contribution in [3.63, 3.8) is 0 Å². The molecule has 158 valence electrons. The van der Waals surface area contributed by atoms with Crippen molar-refractivity contribution >= 4 is 0 Å². The summed E-state index contributed by atoms with van der Waals surface area (Å²) in [6, 6.07) is 9.79. The number of nitrogens with one attached hydrogen (secondary N) is 1. The molecule has 1 aliphatic rings. The van der Waals surface area contributed by atoms with Crippen molar-refractivity contribution < 1.29 is 18.3 Å². The summed E-state index contributed by atoms with van der Waals surface area (Å²) in [5.74, 6) is 0.159. The lowest BCUT2D eigenvalue weighted by molar-refractivity contribution is 0.196. The van der Waals surface area contributed by atoms with Crippen LogP contribution in [-0.2, 0) is 6.54 Å². The minimum Gasteiger partial charge on any atom is -0.497 e. The maximum Gasteiger partial charge on any atom is 0.159 e. The number of halogens is 2. The second-order valence-corrected chi connectivity index (χ2v) is 7.58. The Balaban J connectivity index is 1.54. The predicted molar refractivity (Wildman–Crippen MR) is 111 cm³/mol. The van der Waals surface area contributed by atoms with Gasteiger partial charge in [0.05, 0.1) is 20.4 Å². The van der Waals surface area contributed by atoms with Crippen LogP contribution >= 0.6 is 0 Å². The SMILES string of the molecule is COc1ccc(OC)c(CN2CCCC(c3[nH]ncc3-c3ccc(F)c(F)c3)C2)c1. The third kappa shape index (κ3) is 4.16. The van der Waals surface area contributed by atoms with Crippen LogP contribution in [0.4, 0.5) is 8.78 Å². The summed E-state index contributed by atoms with van der Waals surface area (Å²) in [6.45, 7) is 2.55. The van der Waals surface area contributed by atoms with Gasteiger partial charge in [-0.3, -0.25) is 10.00 Å². The first-order chi connectivity index (χ1) is 14.6. The first-order valence-electron chi connectivity index (χ1n) is 10.0. The van der Waals surface area contributed by atoms with Gasteiger partial charge in [0.25, 0.3) is 0 Å². The van der Waals surface area contributed by atoms with E-state index in [1.807, 2.05) is 18.2 Å². The van der Waals surface area contributed by atoms with Crippen LogP contribution in [-0.4, -0.2) is 42.4 Å². The van der Waals surface area contributed by atoms with Crippen LogP contribution in [0, 0.1) is 11.6 Å². The molecule has 3 aromatic rings. The van der Waals surface area contributed by atoms with Crippen LogP contribution in [0.3, 0.4) is 0 Å². The molecule has 0 bridgehead atoms. The third-order valence-corrected chi connectivity index (χ3v) is 5.69. The maximum atomic E-state index is 13.7. The number of hydrogen-bond donors (Lipinski definition) is 1. The molecule has 30 heavy (non-hydrogen) atoms. The fraction of sp³-hybridized carbons (Fsp3) is 0.348. The van der Waals surface area contributed by atoms with E-state index in [0.29, 0.717) is 5.56 Å². The summed E-state index contributed by atoms with van der Waals surface area (Å²) < 4.78 is 38.0. The molecule has 7 heteroatoms. The van der Waals surface area contributed by atoms with Crippen LogP contribution in [0.5, 0.6) is 11.5 Å². The molecule has 0 amide bonds. The molecule has 0 radical (unpaired) electrons. The molecule has 0 saturated carbocycles. The van der Waals surface area contributed by atoms with Gasteiger partial charge in [0.1, 0.15) is 11.5 Å². The Kier molecular flexibility index (Phi) is 5.99. The highest BCUT2D eigenvalue weighted by atomic mass is 19.2. The Morgan fingerprint density at radius 1 is 1.10 bits per heavy atom. The van der Waals surface area contributed by atoms with Gasteiger partial charge in [-0.25, -0.2) is 8.78 Å². The Morgan fingerprint density at radius 2 is 1.97 bits per heavy atom. The average Bonchev–Trinajstić information content (AvgIpc) is 3.26. The second kappa shape index (κ2) is 8.83. The Morgan fingerprint density at radius 3 is 2.73 bits per heavy atom. The molecule has 1 saturated heterocycles. The number of hydrogen-bond acceptors (Lipinski definition) is 4. The van der Waals surface area contributed by atoms with Crippen molar-refractivity contribution in [2.24, 2.45) is 0 Å². The van der Waals surface area contributed by atoms with Crippen LogP contribution in [0.2, 0.25) is 0 Å². The number of nitrogens with zero attached hydrogens (tertiary/aromatic N) is 2. The molecule has 4 rings (SSSR count). The molecule has 1 aliphatic heterocycles. The zero-order valence-electron chi connectivity index (χ0n) is 17.1. The summed E-state index contributed by atoms with van der Waals surface area (Å²) in [5, 5.41) is 7.28. The average molecular weight is 413 g/mol. The molecule has 5 nitrogen and oxygen atoms in total. The third-order valence-electron chi connectivity index (χ3n) is 5.69. The summed E-state index contributed by atoms with van der Waals surface area (Å²) in [5.41, 5.74) is 3.48. The number of likely N-dealkylation sites (tertiary alicyclic amines) is 1. The molecular weight excluding hydrogens is 388 g/mol. The standard InChI is InChI=1S/C23H25F2N3O2/c1-29-18-6-8-22(30-2)17(10-18)14-28-9-3-4-16(13-28)23-19(12-26-27-23)15-5-7-20(24)21(25)11-15/h5-8,10-12,16H,3-4,9,13-14H2,1-2H3,(H,26,27). The molecule has 2 aromatic carbocycles. The summed E-state index contributed by atoms with van der Waals surface area (Å²) >= 11 is 0. The van der Waals surface area contributed by atoms with Crippen molar-refractivity contribution in [1.82, 2.24) is 15.1 Å². The summed E-state index contributed by atoms with van der Waals surface area (Å²) in [7, 11) is 3.32. The lowest BCUT2D eigenvalue weighted by Crippen LogP contribution is -2.34. The number of piperidine rings is 1. The number of H-pyrrole nitrogens is 1. The fourth-order valence-electron chi connectivity index (χ4n) is 4.18. The van der Waals surface area contributed by atoms with Crippen molar-refractivity contribution in [2.45, 2.75) is 25.3 Å². The normalized spacial score (nSPS) is 17.1. The van der Waals surface area contributed by atoms with E-state index in [4.69, 9.17) is 9.47 Å². The van der Waals surface area contributed by atoms with Gasteiger partial charge in [-0.1, -0.05) is 6.07 Å². The van der Waals surface area contributed by atoms with Gasteiger partial charge in [-0.2, -0.15) is 5.10 Å². The molecule has 0 spiro atoms. The second-order valence-electron chi connectivity index (χ2n) is 7.58. The minimum atomic E-state index is -0.852. The van der Waals surface area contributed by atoms with Crippen LogP contribution in [0.15, 0.2) is 42.6 Å². The number of benzene rings is 2. The monoisotopic (exact) mass is 413 g/mol. The highest BCUT2D eigenvalue weighted by Crippen LogP contribution is 2.35. The van der Waals surface area contributed by atoms with E-state index in [-0.39, 0.29) is 5.92 Å². The van der Waals surface area contributed by atoms with Crippen LogP contribution in [0.1, 0.15) is 30.0 Å². The van der Waals surface area contributed by atoms with Crippen molar-refractivity contribution in [3.05, 3.63) is 65.5 Å². The van der Waals surface area contributed by atoms with Crippen molar-refractivity contribution in [2.75, 3.05) is 27.3 Å². The van der Waals surface area contributed by atoms with Gasteiger partial charge in [0.15, 0.2) is 11.6 Å². The van der Waals surface area contributed by atoms with Crippen LogP contribution < -0.4 is 9.47 Å². The first-order valence-corrected chi connectivity index (χ1v) is 10.0. The zero-order chi connectivity index (χ0) is 21.1. The lowest BCUT2D eigenvalue weighted by atomic mass is 9.90. The molecule has 1 N–H and O–H groups in total. The highest BCUT2D eigenvalue weighted by molar-refractivity contribution is 5.66. The van der Waals surface area contributed by atoms with E-state index in [1.165, 1.54) is 6.07 Å². The van der Waals surface area contributed by atoms with Gasteiger partial charge >= 0.3 is 0 Å². The number of ether oxygens (including phenoxy) is 2. The molecule has 0 aliphatic carbocycles. The number of aromatic amines is 1. The van der Waals surface area contributed by atoms with E-state index in [1.54, 1.807) is 26.5 Å². The Hall–Kier alpha value is -2.93. The van der Waals surface area contributed by atoms with E-state index >= 15 is 0 Å². The van der Waals surface area contributed by atoms with Gasteiger partial charge < -0.3 is 9.47 Å². The fourth-order valence-corrected chi connectivity index (χ4v) is 4.18. The maximum absolute atomic E-state index is 13.7. The van der Waals surface area contributed by atoms with E-state index < -0.39 is 11.6 Å². The van der Waals surface area contributed by atoms with E-state index in [9.17, 15) is 8.78 Å². The smallest absolute Gasteiger partial charge is 0.159 e. The molecule has 1 aromatic heterocycles. The quantitative estimate of drug-likeness (QED) is 0.634. The molecule has 2 heterocycles. The summed E-state index contributed by atoms with van der Waals surface area (Å²) in [6.07, 6.45) is 3.73. The van der Waals surface area contributed by atoms with Gasteiger partial charge in [0.2, 0.25) is 0 Å². The number of aromatic nitrogens is 2. The largest absolute Gasteiger partial charge is 0.497 e.